The first kappa shape index (κ1) is 26.6. The molecule has 0 fully saturated rings. The number of hydrogen-bond acceptors (Lipinski definition) is 2. The summed E-state index contributed by atoms with van der Waals surface area (Å²) >= 11 is 0. The van der Waals surface area contributed by atoms with Crippen molar-refractivity contribution >= 4 is 27.8 Å². The van der Waals surface area contributed by atoms with Crippen LogP contribution in [0.1, 0.15) is 57.2 Å². The molecule has 5 aromatic carbocycles. The van der Waals surface area contributed by atoms with Gasteiger partial charge in [-0.3, -0.25) is 0 Å². The largest absolute Gasteiger partial charge is 0.347 e. The summed E-state index contributed by atoms with van der Waals surface area (Å²) in [5, 5.41) is 2.52. The minimum atomic E-state index is -0.0163. The van der Waals surface area contributed by atoms with E-state index in [9.17, 15) is 0 Å². The van der Waals surface area contributed by atoms with Crippen LogP contribution in [0, 0.1) is 0 Å². The molecule has 0 spiro atoms. The number of benzene rings is 5. The van der Waals surface area contributed by atoms with Gasteiger partial charge in [0.05, 0.1) is 5.69 Å². The SMILES string of the molecule is CCCCCCCCN(c1ccccc1)C(c1ccccc1)N(c1ccccc1)c1cccc2ccccc12. The van der Waals surface area contributed by atoms with Crippen LogP contribution in [0.25, 0.3) is 10.8 Å². The first-order valence-electron chi connectivity index (χ1n) is 14.6. The molecule has 5 rings (SSSR count). The molecular formula is C37H40N2. The topological polar surface area (TPSA) is 6.48 Å². The van der Waals surface area contributed by atoms with E-state index >= 15 is 0 Å². The van der Waals surface area contributed by atoms with Crippen LogP contribution < -0.4 is 9.80 Å². The molecule has 0 aliphatic carbocycles. The van der Waals surface area contributed by atoms with Crippen LogP contribution in [0.5, 0.6) is 0 Å². The highest BCUT2D eigenvalue weighted by Gasteiger charge is 2.30. The lowest BCUT2D eigenvalue weighted by atomic mass is 10.0. The van der Waals surface area contributed by atoms with Gasteiger partial charge in [-0.25, -0.2) is 0 Å². The monoisotopic (exact) mass is 512 g/mol. The van der Waals surface area contributed by atoms with Crippen molar-refractivity contribution in [2.24, 2.45) is 0 Å². The Morgan fingerprint density at radius 3 is 1.79 bits per heavy atom. The molecular weight excluding hydrogens is 472 g/mol. The summed E-state index contributed by atoms with van der Waals surface area (Å²) in [6, 6.07) is 48.3. The predicted octanol–water partition coefficient (Wildman–Crippen LogP) is 10.5. The van der Waals surface area contributed by atoms with Crippen molar-refractivity contribution in [3.8, 4) is 0 Å². The fraction of sp³-hybridized carbons (Fsp3) is 0.243. The predicted molar refractivity (Wildman–Crippen MR) is 169 cm³/mol. The van der Waals surface area contributed by atoms with Gasteiger partial charge in [0.25, 0.3) is 0 Å². The molecule has 0 bridgehead atoms. The lowest BCUT2D eigenvalue weighted by Gasteiger charge is -2.43. The highest BCUT2D eigenvalue weighted by Crippen LogP contribution is 2.42. The maximum absolute atomic E-state index is 2.62. The van der Waals surface area contributed by atoms with E-state index in [1.807, 2.05) is 0 Å². The molecule has 198 valence electrons. The molecule has 0 saturated carbocycles. The summed E-state index contributed by atoms with van der Waals surface area (Å²) in [7, 11) is 0. The molecule has 0 aliphatic heterocycles. The van der Waals surface area contributed by atoms with Crippen LogP contribution in [0.3, 0.4) is 0 Å². The Hall–Kier alpha value is -4.04. The average Bonchev–Trinajstić information content (AvgIpc) is 3.01. The quantitative estimate of drug-likeness (QED) is 0.114. The van der Waals surface area contributed by atoms with Gasteiger partial charge in [0, 0.05) is 23.3 Å². The summed E-state index contributed by atoms with van der Waals surface area (Å²) in [6.07, 6.45) is 7.65. The van der Waals surface area contributed by atoms with Gasteiger partial charge >= 0.3 is 0 Å². The number of nitrogens with zero attached hydrogens (tertiary/aromatic N) is 2. The second-order valence-electron chi connectivity index (χ2n) is 10.3. The molecule has 5 aromatic rings. The third kappa shape index (κ3) is 6.52. The van der Waals surface area contributed by atoms with E-state index in [0.29, 0.717) is 0 Å². The van der Waals surface area contributed by atoms with E-state index in [4.69, 9.17) is 0 Å². The summed E-state index contributed by atoms with van der Waals surface area (Å²) in [5.41, 5.74) is 4.94. The smallest absolute Gasteiger partial charge is 0.132 e. The zero-order valence-electron chi connectivity index (χ0n) is 23.1. The average molecular weight is 513 g/mol. The van der Waals surface area contributed by atoms with Crippen molar-refractivity contribution in [2.45, 2.75) is 51.6 Å². The molecule has 39 heavy (non-hydrogen) atoms. The highest BCUT2D eigenvalue weighted by atomic mass is 15.4. The van der Waals surface area contributed by atoms with E-state index < -0.39 is 0 Å². The number of unbranched alkanes of at least 4 members (excludes halogenated alkanes) is 5. The Labute approximate surface area is 234 Å². The maximum Gasteiger partial charge on any atom is 0.132 e. The molecule has 0 amide bonds. The van der Waals surface area contributed by atoms with Crippen LogP contribution in [0.4, 0.5) is 17.1 Å². The molecule has 0 saturated heterocycles. The van der Waals surface area contributed by atoms with Gasteiger partial charge in [-0.2, -0.15) is 0 Å². The number of rotatable bonds is 13. The molecule has 0 aliphatic rings. The van der Waals surface area contributed by atoms with E-state index in [-0.39, 0.29) is 6.17 Å². The van der Waals surface area contributed by atoms with E-state index in [0.717, 1.165) is 6.54 Å². The normalized spacial score (nSPS) is 11.8. The van der Waals surface area contributed by atoms with Crippen molar-refractivity contribution in [2.75, 3.05) is 16.3 Å². The summed E-state index contributed by atoms with van der Waals surface area (Å²) in [6.45, 7) is 3.27. The Morgan fingerprint density at radius 2 is 1.08 bits per heavy atom. The summed E-state index contributed by atoms with van der Waals surface area (Å²) < 4.78 is 0. The van der Waals surface area contributed by atoms with Gasteiger partial charge < -0.3 is 9.80 Å². The fourth-order valence-electron chi connectivity index (χ4n) is 5.59. The highest BCUT2D eigenvalue weighted by molar-refractivity contribution is 5.96. The number of para-hydroxylation sites is 2. The van der Waals surface area contributed by atoms with Gasteiger partial charge in [0.1, 0.15) is 6.17 Å². The van der Waals surface area contributed by atoms with E-state index in [1.54, 1.807) is 0 Å². The Kier molecular flexibility index (Phi) is 9.31. The second-order valence-corrected chi connectivity index (χ2v) is 10.3. The van der Waals surface area contributed by atoms with Crippen LogP contribution >= 0.6 is 0 Å². The molecule has 1 atom stereocenters. The lowest BCUT2D eigenvalue weighted by molar-refractivity contribution is 0.564. The van der Waals surface area contributed by atoms with Crippen molar-refractivity contribution < 1.29 is 0 Å². The van der Waals surface area contributed by atoms with Crippen molar-refractivity contribution in [1.29, 1.82) is 0 Å². The molecule has 0 N–H and O–H groups in total. The third-order valence-electron chi connectivity index (χ3n) is 7.54. The maximum atomic E-state index is 2.62. The van der Waals surface area contributed by atoms with Crippen molar-refractivity contribution in [1.82, 2.24) is 0 Å². The van der Waals surface area contributed by atoms with Crippen molar-refractivity contribution in [3.63, 3.8) is 0 Å². The molecule has 0 heterocycles. The summed E-state index contributed by atoms with van der Waals surface area (Å²) in [5.74, 6) is 0. The first-order valence-corrected chi connectivity index (χ1v) is 14.6. The standard InChI is InChI=1S/C37H40N2/c1-2-3-4-5-6-18-30-38(33-24-12-8-13-25-33)37(32-21-10-7-11-22-32)39(34-26-14-9-15-27-34)36-29-19-23-31-20-16-17-28-35(31)36/h7-17,19-29,37H,2-6,18,30H2,1H3. The van der Waals surface area contributed by atoms with Gasteiger partial charge in [-0.1, -0.05) is 142 Å². The zero-order chi connectivity index (χ0) is 26.7. The van der Waals surface area contributed by atoms with Crippen LogP contribution in [0.2, 0.25) is 0 Å². The van der Waals surface area contributed by atoms with Gasteiger partial charge in [-0.15, -0.1) is 0 Å². The third-order valence-corrected chi connectivity index (χ3v) is 7.54. The minimum Gasteiger partial charge on any atom is -0.347 e. The summed E-state index contributed by atoms with van der Waals surface area (Å²) in [4.78, 5) is 5.16. The number of fused-ring (bicyclic) bond motifs is 1. The second kappa shape index (κ2) is 13.7. The number of hydrogen-bond donors (Lipinski definition) is 0. The minimum absolute atomic E-state index is 0.0163. The molecule has 2 nitrogen and oxygen atoms in total. The fourth-order valence-corrected chi connectivity index (χ4v) is 5.59. The van der Waals surface area contributed by atoms with E-state index in [1.165, 1.54) is 71.9 Å². The van der Waals surface area contributed by atoms with Gasteiger partial charge in [0.2, 0.25) is 0 Å². The molecule has 1 unspecified atom stereocenters. The van der Waals surface area contributed by atoms with Gasteiger partial charge in [0.15, 0.2) is 0 Å². The Bertz CT molecular complexity index is 1390. The van der Waals surface area contributed by atoms with E-state index in [2.05, 4.69) is 150 Å². The molecule has 0 aromatic heterocycles. The van der Waals surface area contributed by atoms with Crippen LogP contribution in [0.15, 0.2) is 133 Å². The van der Waals surface area contributed by atoms with Crippen molar-refractivity contribution in [3.05, 3.63) is 139 Å². The van der Waals surface area contributed by atoms with Gasteiger partial charge in [-0.05, 0) is 47.7 Å². The van der Waals surface area contributed by atoms with Crippen LogP contribution in [-0.2, 0) is 0 Å². The van der Waals surface area contributed by atoms with Crippen LogP contribution in [-0.4, -0.2) is 6.54 Å². The zero-order valence-corrected chi connectivity index (χ0v) is 23.1. The molecule has 2 heteroatoms. The Balaban J connectivity index is 1.65. The first-order chi connectivity index (χ1) is 19.4. The Morgan fingerprint density at radius 1 is 0.513 bits per heavy atom. The lowest BCUT2D eigenvalue weighted by Crippen LogP contribution is -2.40. The number of anilines is 3. The molecule has 0 radical (unpaired) electrons.